The van der Waals surface area contributed by atoms with Gasteiger partial charge in [-0.05, 0) is 55.5 Å². The molecule has 2 heterocycles. The molecule has 0 radical (unpaired) electrons. The van der Waals surface area contributed by atoms with Crippen molar-refractivity contribution in [1.29, 1.82) is 0 Å². The number of carbonyl (C=O) groups is 2. The van der Waals surface area contributed by atoms with Crippen LogP contribution in [-0.4, -0.2) is 50.2 Å². The topological polar surface area (TPSA) is 86.8 Å². The lowest BCUT2D eigenvalue weighted by atomic mass is 10.1. The predicted octanol–water partition coefficient (Wildman–Crippen LogP) is 2.81. The third-order valence-corrected chi connectivity index (χ3v) is 8.36. The molecule has 176 valence electrons. The molecule has 1 saturated heterocycles. The molecular weight excluding hydrogens is 438 g/mol. The fourth-order valence-electron chi connectivity index (χ4n) is 4.64. The second-order valence-electron chi connectivity index (χ2n) is 8.89. The summed E-state index contributed by atoms with van der Waals surface area (Å²) in [6, 6.07) is 12.3. The zero-order chi connectivity index (χ0) is 23.6. The lowest BCUT2D eigenvalue weighted by Gasteiger charge is -2.26. The van der Waals surface area contributed by atoms with Gasteiger partial charge in [0.05, 0.1) is 4.90 Å². The quantitative estimate of drug-likeness (QED) is 0.705. The number of nitrogens with zero attached hydrogens (tertiary/aromatic N) is 2. The smallest absolute Gasteiger partial charge is 0.243 e. The molecule has 33 heavy (non-hydrogen) atoms. The van der Waals surface area contributed by atoms with Crippen molar-refractivity contribution in [3.8, 4) is 0 Å². The third-order valence-electron chi connectivity index (χ3n) is 6.46. The highest BCUT2D eigenvalue weighted by Crippen LogP contribution is 2.35. The monoisotopic (exact) mass is 469 g/mol. The van der Waals surface area contributed by atoms with E-state index in [0.29, 0.717) is 43.7 Å². The Morgan fingerprint density at radius 3 is 2.39 bits per heavy atom. The number of rotatable bonds is 6. The van der Waals surface area contributed by atoms with Gasteiger partial charge in [-0.1, -0.05) is 36.2 Å². The number of piperidine rings is 1. The maximum absolute atomic E-state index is 13.1. The maximum Gasteiger partial charge on any atom is 0.243 e. The van der Waals surface area contributed by atoms with Crippen molar-refractivity contribution in [1.82, 2.24) is 9.62 Å². The summed E-state index contributed by atoms with van der Waals surface area (Å²) < 4.78 is 27.7. The van der Waals surface area contributed by atoms with Gasteiger partial charge >= 0.3 is 0 Å². The van der Waals surface area contributed by atoms with Crippen LogP contribution in [0.1, 0.15) is 42.9 Å². The van der Waals surface area contributed by atoms with Gasteiger partial charge in [0.2, 0.25) is 21.8 Å². The number of sulfonamides is 1. The Morgan fingerprint density at radius 2 is 1.73 bits per heavy atom. The minimum Gasteiger partial charge on any atom is -0.354 e. The predicted molar refractivity (Wildman–Crippen MR) is 128 cm³/mol. The van der Waals surface area contributed by atoms with Crippen molar-refractivity contribution < 1.29 is 18.0 Å². The summed E-state index contributed by atoms with van der Waals surface area (Å²) in [6.45, 7) is 4.99. The van der Waals surface area contributed by atoms with E-state index in [-0.39, 0.29) is 16.7 Å². The fourth-order valence-corrected chi connectivity index (χ4v) is 6.21. The van der Waals surface area contributed by atoms with Crippen molar-refractivity contribution in [3.05, 3.63) is 59.2 Å². The van der Waals surface area contributed by atoms with Gasteiger partial charge in [-0.15, -0.1) is 0 Å². The minimum absolute atomic E-state index is 0.228. The standard InChI is InChI=1S/C25H31N3O4S/c1-18-6-8-20(9-7-18)12-13-26-25(30)24-17-21-16-22(10-11-23(21)28(24)19(2)29)33(31,32)27-14-4-3-5-15-27/h6-11,16,24H,3-5,12-15,17H2,1-2H3,(H,26,30)/t24-/m0/s1. The Morgan fingerprint density at radius 1 is 1.03 bits per heavy atom. The second kappa shape index (κ2) is 9.65. The van der Waals surface area contributed by atoms with Crippen molar-refractivity contribution in [2.45, 2.75) is 56.9 Å². The number of amides is 2. The molecule has 2 aliphatic heterocycles. The average molecular weight is 470 g/mol. The van der Waals surface area contributed by atoms with E-state index in [9.17, 15) is 18.0 Å². The molecule has 0 bridgehead atoms. The van der Waals surface area contributed by atoms with E-state index in [4.69, 9.17) is 0 Å². The number of nitrogens with one attached hydrogen (secondary N) is 1. The molecule has 2 aromatic rings. The molecule has 7 nitrogen and oxygen atoms in total. The Balaban J connectivity index is 1.48. The van der Waals surface area contributed by atoms with E-state index in [1.165, 1.54) is 21.7 Å². The van der Waals surface area contributed by atoms with Crippen LogP contribution in [0.25, 0.3) is 0 Å². The van der Waals surface area contributed by atoms with Crippen LogP contribution in [0.15, 0.2) is 47.4 Å². The molecule has 0 aliphatic carbocycles. The van der Waals surface area contributed by atoms with E-state index in [1.807, 2.05) is 31.2 Å². The molecule has 2 amide bonds. The van der Waals surface area contributed by atoms with Crippen molar-refractivity contribution in [3.63, 3.8) is 0 Å². The lowest BCUT2D eigenvalue weighted by Crippen LogP contribution is -2.47. The van der Waals surface area contributed by atoms with Gasteiger partial charge in [-0.2, -0.15) is 4.31 Å². The Hall–Kier alpha value is -2.71. The molecule has 0 aromatic heterocycles. The first-order chi connectivity index (χ1) is 15.8. The minimum atomic E-state index is -3.58. The van der Waals surface area contributed by atoms with Gasteiger partial charge < -0.3 is 5.32 Å². The molecule has 1 N–H and O–H groups in total. The van der Waals surface area contributed by atoms with Crippen LogP contribution >= 0.6 is 0 Å². The van der Waals surface area contributed by atoms with E-state index in [0.717, 1.165) is 24.8 Å². The molecule has 8 heteroatoms. The molecule has 0 unspecified atom stereocenters. The average Bonchev–Trinajstić information content (AvgIpc) is 3.20. The largest absolute Gasteiger partial charge is 0.354 e. The summed E-state index contributed by atoms with van der Waals surface area (Å²) in [5, 5.41) is 2.94. The van der Waals surface area contributed by atoms with E-state index in [2.05, 4.69) is 5.32 Å². The molecule has 1 atom stereocenters. The highest BCUT2D eigenvalue weighted by atomic mass is 32.2. The molecular formula is C25H31N3O4S. The molecule has 0 spiro atoms. The van der Waals surface area contributed by atoms with Crippen LogP contribution in [0.3, 0.4) is 0 Å². The van der Waals surface area contributed by atoms with E-state index in [1.54, 1.807) is 18.2 Å². The Bertz CT molecular complexity index is 1140. The molecule has 2 aromatic carbocycles. The van der Waals surface area contributed by atoms with Gasteiger partial charge in [0.15, 0.2) is 0 Å². The van der Waals surface area contributed by atoms with Crippen LogP contribution in [0.5, 0.6) is 0 Å². The van der Waals surface area contributed by atoms with Gasteiger partial charge in [0, 0.05) is 38.7 Å². The van der Waals surface area contributed by atoms with Crippen LogP contribution < -0.4 is 10.2 Å². The number of hydrogen-bond acceptors (Lipinski definition) is 4. The van der Waals surface area contributed by atoms with Crippen LogP contribution in [0, 0.1) is 6.92 Å². The lowest BCUT2D eigenvalue weighted by molar-refractivity contribution is -0.125. The second-order valence-corrected chi connectivity index (χ2v) is 10.8. The first-order valence-corrected chi connectivity index (χ1v) is 13.0. The van der Waals surface area contributed by atoms with Gasteiger partial charge in [0.25, 0.3) is 0 Å². The maximum atomic E-state index is 13.1. The van der Waals surface area contributed by atoms with Gasteiger partial charge in [-0.3, -0.25) is 14.5 Å². The highest BCUT2D eigenvalue weighted by Gasteiger charge is 2.38. The molecule has 2 aliphatic rings. The summed E-state index contributed by atoms with van der Waals surface area (Å²) in [4.78, 5) is 27.1. The number of aryl methyl sites for hydroxylation is 1. The number of carbonyl (C=O) groups excluding carboxylic acids is 2. The van der Waals surface area contributed by atoms with Gasteiger partial charge in [0.1, 0.15) is 6.04 Å². The van der Waals surface area contributed by atoms with E-state index >= 15 is 0 Å². The SMILES string of the molecule is CC(=O)N1c2ccc(S(=O)(=O)N3CCCCC3)cc2C[C@H]1C(=O)NCCc1ccc(C)cc1. The first-order valence-electron chi connectivity index (χ1n) is 11.5. The normalized spacial score (nSPS) is 18.7. The van der Waals surface area contributed by atoms with Crippen molar-refractivity contribution >= 4 is 27.5 Å². The van der Waals surface area contributed by atoms with Crippen LogP contribution in [-0.2, 0) is 32.5 Å². The van der Waals surface area contributed by atoms with Crippen molar-refractivity contribution in [2.75, 3.05) is 24.5 Å². The Labute approximate surface area is 195 Å². The third kappa shape index (κ3) is 4.96. The summed E-state index contributed by atoms with van der Waals surface area (Å²) in [5.41, 5.74) is 3.64. The highest BCUT2D eigenvalue weighted by molar-refractivity contribution is 7.89. The summed E-state index contributed by atoms with van der Waals surface area (Å²) in [7, 11) is -3.58. The van der Waals surface area contributed by atoms with Gasteiger partial charge in [-0.25, -0.2) is 8.42 Å². The van der Waals surface area contributed by atoms with E-state index < -0.39 is 16.1 Å². The molecule has 4 rings (SSSR count). The summed E-state index contributed by atoms with van der Waals surface area (Å²) in [5.74, 6) is -0.465. The van der Waals surface area contributed by atoms with Crippen molar-refractivity contribution in [2.24, 2.45) is 0 Å². The first kappa shape index (κ1) is 23.4. The summed E-state index contributed by atoms with van der Waals surface area (Å²) in [6.07, 6.45) is 3.78. The Kier molecular flexibility index (Phi) is 6.86. The number of benzene rings is 2. The number of fused-ring (bicyclic) bond motifs is 1. The number of hydrogen-bond donors (Lipinski definition) is 1. The fraction of sp³-hybridized carbons (Fsp3) is 0.440. The zero-order valence-corrected chi connectivity index (χ0v) is 20.0. The zero-order valence-electron chi connectivity index (χ0n) is 19.2. The summed E-state index contributed by atoms with van der Waals surface area (Å²) >= 11 is 0. The molecule has 1 fully saturated rings. The van der Waals surface area contributed by atoms with Crippen LogP contribution in [0.4, 0.5) is 5.69 Å². The van der Waals surface area contributed by atoms with Crippen LogP contribution in [0.2, 0.25) is 0 Å². The molecule has 0 saturated carbocycles. The number of anilines is 1.